The second-order valence-corrected chi connectivity index (χ2v) is 17.2. The lowest BCUT2D eigenvalue weighted by Crippen LogP contribution is -2.12. The lowest BCUT2D eigenvalue weighted by atomic mass is 9.88. The topological polar surface area (TPSA) is 8.17 Å². The summed E-state index contributed by atoms with van der Waals surface area (Å²) < 4.78 is 2.39. The molecule has 320 valence electrons. The van der Waals surface area contributed by atoms with Gasteiger partial charge in [0.2, 0.25) is 0 Å². The Kier molecular flexibility index (Phi) is 10.6. The van der Waals surface area contributed by atoms with Gasteiger partial charge in [-0.15, -0.1) is 0 Å². The van der Waals surface area contributed by atoms with Crippen molar-refractivity contribution < 1.29 is 0 Å². The van der Waals surface area contributed by atoms with Crippen LogP contribution in [0.4, 0.5) is 17.1 Å². The van der Waals surface area contributed by atoms with Crippen molar-refractivity contribution in [3.8, 4) is 72.4 Å². The van der Waals surface area contributed by atoms with Crippen LogP contribution in [0.2, 0.25) is 0 Å². The number of fused-ring (bicyclic) bond motifs is 3. The van der Waals surface area contributed by atoms with Gasteiger partial charge in [-0.1, -0.05) is 231 Å². The first-order chi connectivity index (χ1) is 33.8. The van der Waals surface area contributed by atoms with Gasteiger partial charge in [-0.05, 0) is 104 Å². The van der Waals surface area contributed by atoms with Crippen LogP contribution in [-0.2, 0) is 0 Å². The van der Waals surface area contributed by atoms with Gasteiger partial charge in [-0.3, -0.25) is 0 Å². The van der Waals surface area contributed by atoms with Gasteiger partial charge in [0.05, 0.1) is 22.4 Å². The lowest BCUT2D eigenvalue weighted by molar-refractivity contribution is 1.18. The number of nitrogens with zero attached hydrogens (tertiary/aromatic N) is 2. The van der Waals surface area contributed by atoms with E-state index in [-0.39, 0.29) is 0 Å². The molecular weight excluding hydrogens is 821 g/mol. The number of anilines is 3. The summed E-state index contributed by atoms with van der Waals surface area (Å²) in [7, 11) is 0. The Morgan fingerprint density at radius 3 is 1.31 bits per heavy atom. The molecule has 2 heteroatoms. The molecule has 0 saturated carbocycles. The lowest BCUT2D eigenvalue weighted by Gasteiger charge is -2.30. The van der Waals surface area contributed by atoms with Gasteiger partial charge < -0.3 is 9.47 Å². The minimum absolute atomic E-state index is 1.07. The molecule has 0 radical (unpaired) electrons. The van der Waals surface area contributed by atoms with Crippen LogP contribution in [0, 0.1) is 0 Å². The third kappa shape index (κ3) is 7.45. The van der Waals surface area contributed by atoms with E-state index in [1.54, 1.807) is 0 Å². The van der Waals surface area contributed by atoms with Gasteiger partial charge in [0.15, 0.2) is 0 Å². The molecular formula is C66H46N2. The normalized spacial score (nSPS) is 11.2. The number of benzene rings is 11. The number of para-hydroxylation sites is 4. The summed E-state index contributed by atoms with van der Waals surface area (Å²) in [6.45, 7) is 0. The van der Waals surface area contributed by atoms with Gasteiger partial charge in [0.25, 0.3) is 0 Å². The van der Waals surface area contributed by atoms with E-state index >= 15 is 0 Å². The molecule has 1 aromatic heterocycles. The van der Waals surface area contributed by atoms with Gasteiger partial charge in [0, 0.05) is 33.3 Å². The molecule has 2 nitrogen and oxygen atoms in total. The minimum atomic E-state index is 1.07. The highest BCUT2D eigenvalue weighted by molar-refractivity contribution is 6.10. The summed E-state index contributed by atoms with van der Waals surface area (Å²) in [5.41, 5.74) is 20.9. The van der Waals surface area contributed by atoms with E-state index in [0.29, 0.717) is 0 Å². The van der Waals surface area contributed by atoms with E-state index in [9.17, 15) is 0 Å². The van der Waals surface area contributed by atoms with E-state index in [4.69, 9.17) is 0 Å². The second kappa shape index (κ2) is 17.8. The molecule has 0 aliphatic carbocycles. The summed E-state index contributed by atoms with van der Waals surface area (Å²) in [6.07, 6.45) is 0. The van der Waals surface area contributed by atoms with E-state index in [1.807, 2.05) is 0 Å². The molecule has 0 fully saturated rings. The highest BCUT2D eigenvalue weighted by Crippen LogP contribution is 2.48. The van der Waals surface area contributed by atoms with E-state index in [1.165, 1.54) is 66.3 Å². The molecule has 0 unspecified atom stereocenters. The minimum Gasteiger partial charge on any atom is -0.309 e. The van der Waals surface area contributed by atoms with Crippen molar-refractivity contribution in [2.24, 2.45) is 0 Å². The van der Waals surface area contributed by atoms with Crippen LogP contribution in [-0.4, -0.2) is 4.57 Å². The van der Waals surface area contributed by atoms with E-state index in [0.717, 1.165) is 45.0 Å². The zero-order valence-electron chi connectivity index (χ0n) is 37.5. The molecule has 0 saturated heterocycles. The van der Waals surface area contributed by atoms with Crippen LogP contribution < -0.4 is 4.90 Å². The average Bonchev–Trinajstić information content (AvgIpc) is 3.76. The van der Waals surface area contributed by atoms with Crippen LogP contribution in [0.5, 0.6) is 0 Å². The molecule has 11 aromatic carbocycles. The number of rotatable bonds is 10. The van der Waals surface area contributed by atoms with Crippen molar-refractivity contribution in [3.05, 3.63) is 279 Å². The maximum atomic E-state index is 2.45. The van der Waals surface area contributed by atoms with Crippen LogP contribution in [0.3, 0.4) is 0 Å². The Labute approximate surface area is 397 Å². The number of hydrogen-bond donors (Lipinski definition) is 0. The summed E-state index contributed by atoms with van der Waals surface area (Å²) in [5, 5.41) is 2.49. The number of hydrogen-bond acceptors (Lipinski definition) is 1. The quantitative estimate of drug-likeness (QED) is 0.133. The first-order valence-electron chi connectivity index (χ1n) is 23.3. The Morgan fingerprint density at radius 1 is 0.235 bits per heavy atom. The molecule has 0 N–H and O–H groups in total. The van der Waals surface area contributed by atoms with Gasteiger partial charge in [-0.25, -0.2) is 0 Å². The fraction of sp³-hybridized carbons (Fsp3) is 0. The molecule has 68 heavy (non-hydrogen) atoms. The van der Waals surface area contributed by atoms with Gasteiger partial charge in [0.1, 0.15) is 0 Å². The molecule has 0 aliphatic rings. The Bertz CT molecular complexity index is 3700. The zero-order chi connectivity index (χ0) is 45.2. The maximum absolute atomic E-state index is 2.45. The molecule has 0 spiro atoms. The maximum Gasteiger partial charge on any atom is 0.0547 e. The van der Waals surface area contributed by atoms with Crippen molar-refractivity contribution in [2.75, 3.05) is 4.90 Å². The third-order valence-electron chi connectivity index (χ3n) is 13.3. The Hall–Kier alpha value is -8.98. The SMILES string of the molecule is c1ccc(-c2ccc(-c3ccccc3N(c3ccc(-c4ccc5c6ccccc6n(-c6ccccc6)c5c4)cc3)c3ccccc3-c3ccccc3-c3ccccc3-c3ccccc3)cc2)cc1. The monoisotopic (exact) mass is 866 g/mol. The summed E-state index contributed by atoms with van der Waals surface area (Å²) in [6, 6.07) is 101. The van der Waals surface area contributed by atoms with Gasteiger partial charge in [-0.2, -0.15) is 0 Å². The zero-order valence-corrected chi connectivity index (χ0v) is 37.5. The van der Waals surface area contributed by atoms with Crippen molar-refractivity contribution in [1.29, 1.82) is 0 Å². The van der Waals surface area contributed by atoms with Crippen molar-refractivity contribution in [3.63, 3.8) is 0 Å². The van der Waals surface area contributed by atoms with Crippen molar-refractivity contribution in [2.45, 2.75) is 0 Å². The average molecular weight is 867 g/mol. The first-order valence-corrected chi connectivity index (χ1v) is 23.3. The molecule has 0 bridgehead atoms. The predicted octanol–water partition coefficient (Wildman–Crippen LogP) is 18.3. The summed E-state index contributed by atoms with van der Waals surface area (Å²) in [4.78, 5) is 2.45. The standard InChI is InChI=1S/C66H46N2/c1-4-20-47(21-5-1)48-36-38-51(39-37-48)56-27-14-17-33-63(56)67(64-34-18-15-31-60(64)59-30-13-12-29-58(59)57-28-11-10-26-55(57)50-22-6-2-7-23-50)54-43-40-49(41-44-54)52-42-45-62-61-32-16-19-35-65(61)68(66(62)46-52)53-24-8-3-9-25-53/h1-46H. The van der Waals surface area contributed by atoms with Crippen LogP contribution in [0.1, 0.15) is 0 Å². The molecule has 0 amide bonds. The molecule has 0 aliphatic heterocycles. The van der Waals surface area contributed by atoms with Crippen LogP contribution in [0.25, 0.3) is 94.3 Å². The second-order valence-electron chi connectivity index (χ2n) is 17.2. The van der Waals surface area contributed by atoms with Gasteiger partial charge >= 0.3 is 0 Å². The summed E-state index contributed by atoms with van der Waals surface area (Å²) >= 11 is 0. The van der Waals surface area contributed by atoms with E-state index in [2.05, 4.69) is 289 Å². The Morgan fingerprint density at radius 2 is 0.632 bits per heavy atom. The molecule has 0 atom stereocenters. The smallest absolute Gasteiger partial charge is 0.0547 e. The predicted molar refractivity (Wildman–Crippen MR) is 288 cm³/mol. The highest BCUT2D eigenvalue weighted by Gasteiger charge is 2.23. The third-order valence-corrected chi connectivity index (χ3v) is 13.3. The van der Waals surface area contributed by atoms with Crippen molar-refractivity contribution in [1.82, 2.24) is 4.57 Å². The fourth-order valence-corrected chi connectivity index (χ4v) is 10.0. The van der Waals surface area contributed by atoms with E-state index < -0.39 is 0 Å². The highest BCUT2D eigenvalue weighted by atomic mass is 15.1. The van der Waals surface area contributed by atoms with Crippen LogP contribution in [0.15, 0.2) is 279 Å². The Balaban J connectivity index is 1.02. The molecule has 12 rings (SSSR count). The largest absolute Gasteiger partial charge is 0.309 e. The van der Waals surface area contributed by atoms with Crippen molar-refractivity contribution >= 4 is 38.9 Å². The van der Waals surface area contributed by atoms with Crippen LogP contribution >= 0.6 is 0 Å². The number of aromatic nitrogens is 1. The molecule has 12 aromatic rings. The fourth-order valence-electron chi connectivity index (χ4n) is 10.0. The summed E-state index contributed by atoms with van der Waals surface area (Å²) in [5.74, 6) is 0. The first kappa shape index (κ1) is 40.5. The molecule has 1 heterocycles.